The highest BCUT2D eigenvalue weighted by Gasteiger charge is 2.70. The van der Waals surface area contributed by atoms with Gasteiger partial charge in [-0.3, -0.25) is 0 Å². The van der Waals surface area contributed by atoms with E-state index < -0.39 is 59.9 Å². The van der Waals surface area contributed by atoms with Crippen LogP contribution in [0.2, 0.25) is 0 Å². The first-order valence-corrected chi connectivity index (χ1v) is 8.58. The maximum Gasteiger partial charge on any atom is 0.334 e. The quantitative estimate of drug-likeness (QED) is 0.443. The maximum absolute atomic E-state index is 12.3. The van der Waals surface area contributed by atoms with Gasteiger partial charge in [0.15, 0.2) is 6.29 Å². The van der Waals surface area contributed by atoms with Crippen molar-refractivity contribution in [1.29, 1.82) is 0 Å². The van der Waals surface area contributed by atoms with Crippen LogP contribution < -0.4 is 0 Å². The molecule has 0 amide bonds. The van der Waals surface area contributed by atoms with Crippen molar-refractivity contribution in [1.82, 2.24) is 0 Å². The Morgan fingerprint density at radius 2 is 2.08 bits per heavy atom. The summed E-state index contributed by atoms with van der Waals surface area (Å²) in [5.41, 5.74) is 0.103. The number of carbonyl (C=O) groups excluding carboxylic acids is 2. The number of hydrogen-bond acceptors (Lipinski definition) is 7. The molecule has 3 saturated heterocycles. The van der Waals surface area contributed by atoms with Crippen LogP contribution in [0.5, 0.6) is 0 Å². The number of aliphatic hydroxyl groups excluding tert-OH is 1. The second kappa shape index (κ2) is 5.52. The summed E-state index contributed by atoms with van der Waals surface area (Å²) in [6.07, 6.45) is -3.74. The molecule has 0 aromatic rings. The summed E-state index contributed by atoms with van der Waals surface area (Å²) >= 11 is 0. The largest absolute Gasteiger partial charge is 0.458 e. The first-order valence-electron chi connectivity index (χ1n) is 8.58. The normalized spacial score (nSPS) is 46.4. The Balaban J connectivity index is 1.83. The van der Waals surface area contributed by atoms with E-state index in [0.717, 1.165) is 0 Å². The second-order valence-electron chi connectivity index (χ2n) is 7.72. The molecular weight excluding hydrogens is 340 g/mol. The third-order valence-corrected chi connectivity index (χ3v) is 6.24. The van der Waals surface area contributed by atoms with Gasteiger partial charge in [-0.2, -0.15) is 0 Å². The summed E-state index contributed by atoms with van der Waals surface area (Å²) < 4.78 is 22.6. The van der Waals surface area contributed by atoms with Crippen LogP contribution in [-0.2, 0) is 28.5 Å². The van der Waals surface area contributed by atoms with Crippen molar-refractivity contribution in [3.05, 3.63) is 36.5 Å². The lowest BCUT2D eigenvalue weighted by Gasteiger charge is -2.56. The summed E-state index contributed by atoms with van der Waals surface area (Å²) in [5, 5.41) is 11.1. The first-order chi connectivity index (χ1) is 12.2. The SMILES string of the molecule is C=C(C)C(=O)O[C@H]1[C@@H]2C(=C)C(=O)O[C@@H]2[C@H](O)[C@@]2(C)[C@@H]3CO[C@@H](O3)C(=C)[C@@H]12. The third kappa shape index (κ3) is 2.05. The Morgan fingerprint density at radius 3 is 2.73 bits per heavy atom. The minimum Gasteiger partial charge on any atom is -0.458 e. The molecule has 1 N–H and O–H groups in total. The van der Waals surface area contributed by atoms with Gasteiger partial charge in [0, 0.05) is 22.5 Å². The summed E-state index contributed by atoms with van der Waals surface area (Å²) in [4.78, 5) is 24.4. The Bertz CT molecular complexity index is 740. The van der Waals surface area contributed by atoms with E-state index in [4.69, 9.17) is 18.9 Å². The third-order valence-electron chi connectivity index (χ3n) is 6.24. The molecule has 0 unspecified atom stereocenters. The lowest BCUT2D eigenvalue weighted by atomic mass is 9.54. The van der Waals surface area contributed by atoms with E-state index in [1.165, 1.54) is 0 Å². The van der Waals surface area contributed by atoms with Crippen molar-refractivity contribution in [2.45, 2.75) is 44.6 Å². The minimum atomic E-state index is -1.04. The highest BCUT2D eigenvalue weighted by atomic mass is 16.7. The number of aliphatic hydroxyl groups is 1. The first kappa shape index (κ1) is 17.5. The zero-order valence-electron chi connectivity index (χ0n) is 14.8. The highest BCUT2D eigenvalue weighted by Crippen LogP contribution is 2.59. The molecule has 4 aliphatic rings. The number of fused-ring (bicyclic) bond motifs is 5. The highest BCUT2D eigenvalue weighted by molar-refractivity contribution is 5.92. The molecule has 0 spiro atoms. The molecule has 140 valence electrons. The molecule has 0 radical (unpaired) electrons. The lowest BCUT2D eigenvalue weighted by Crippen LogP contribution is -2.67. The molecule has 4 fully saturated rings. The fourth-order valence-electron chi connectivity index (χ4n) is 4.79. The smallest absolute Gasteiger partial charge is 0.334 e. The van der Waals surface area contributed by atoms with Gasteiger partial charge in [0.2, 0.25) is 0 Å². The monoisotopic (exact) mass is 362 g/mol. The Hall–Kier alpha value is -1.96. The fraction of sp³-hybridized carbons (Fsp3) is 0.579. The second-order valence-corrected chi connectivity index (χ2v) is 7.72. The van der Waals surface area contributed by atoms with Crippen molar-refractivity contribution in [3.63, 3.8) is 0 Å². The number of rotatable bonds is 2. The van der Waals surface area contributed by atoms with Crippen molar-refractivity contribution in [2.24, 2.45) is 17.3 Å². The van der Waals surface area contributed by atoms with Crippen molar-refractivity contribution in [2.75, 3.05) is 6.61 Å². The van der Waals surface area contributed by atoms with E-state index in [9.17, 15) is 14.7 Å². The minimum absolute atomic E-state index is 0.183. The van der Waals surface area contributed by atoms with Gasteiger partial charge in [-0.1, -0.05) is 26.7 Å². The van der Waals surface area contributed by atoms with Crippen molar-refractivity contribution < 1.29 is 33.6 Å². The molecule has 3 aliphatic heterocycles. The summed E-state index contributed by atoms with van der Waals surface area (Å²) in [6.45, 7) is 15.2. The van der Waals surface area contributed by atoms with E-state index in [1.807, 2.05) is 6.92 Å². The molecule has 7 nitrogen and oxygen atoms in total. The number of carbonyl (C=O) groups is 2. The molecule has 4 rings (SSSR count). The standard InChI is InChI=1S/C19H22O7/c1-7(2)16(21)25-13-11-8(3)17(22)26-14(11)15(20)19(5)10-6-23-18(24-10)9(4)12(13)19/h10-15,18,20H,1,3-4,6H2,2,5H3/t10-,11-,12-,13-,14-,15-,18-,19-/m0/s1. The van der Waals surface area contributed by atoms with E-state index >= 15 is 0 Å². The number of hydrogen-bond donors (Lipinski definition) is 1. The van der Waals surface area contributed by atoms with Gasteiger partial charge in [0.05, 0.1) is 18.6 Å². The lowest BCUT2D eigenvalue weighted by molar-refractivity contribution is -0.234. The van der Waals surface area contributed by atoms with Crippen LogP contribution in [0.15, 0.2) is 36.5 Å². The van der Waals surface area contributed by atoms with Gasteiger partial charge in [-0.15, -0.1) is 0 Å². The number of esters is 2. The van der Waals surface area contributed by atoms with Crippen LogP contribution in [0.25, 0.3) is 0 Å². The van der Waals surface area contributed by atoms with Gasteiger partial charge in [0.1, 0.15) is 18.3 Å². The molecule has 0 aromatic heterocycles. The van der Waals surface area contributed by atoms with Crippen LogP contribution in [0.4, 0.5) is 0 Å². The van der Waals surface area contributed by atoms with E-state index in [0.29, 0.717) is 5.57 Å². The zero-order valence-corrected chi connectivity index (χ0v) is 14.8. The molecule has 3 heterocycles. The van der Waals surface area contributed by atoms with Crippen LogP contribution >= 0.6 is 0 Å². The van der Waals surface area contributed by atoms with Gasteiger partial charge >= 0.3 is 11.9 Å². The predicted octanol–water partition coefficient (Wildman–Crippen LogP) is 0.880. The molecule has 1 aliphatic carbocycles. The Morgan fingerprint density at radius 1 is 1.38 bits per heavy atom. The van der Waals surface area contributed by atoms with E-state index in [1.54, 1.807) is 6.92 Å². The van der Waals surface area contributed by atoms with Crippen LogP contribution in [0.3, 0.4) is 0 Å². The maximum atomic E-state index is 12.3. The van der Waals surface area contributed by atoms with Crippen LogP contribution in [0, 0.1) is 17.3 Å². The molecule has 2 bridgehead atoms. The van der Waals surface area contributed by atoms with Crippen molar-refractivity contribution in [3.8, 4) is 0 Å². The van der Waals surface area contributed by atoms with E-state index in [-0.39, 0.29) is 17.8 Å². The average molecular weight is 362 g/mol. The summed E-state index contributed by atoms with van der Waals surface area (Å²) in [6, 6.07) is 0. The Kier molecular flexibility index (Phi) is 3.70. The fourth-order valence-corrected chi connectivity index (χ4v) is 4.79. The zero-order chi connectivity index (χ0) is 19.0. The van der Waals surface area contributed by atoms with Gasteiger partial charge in [-0.25, -0.2) is 9.59 Å². The average Bonchev–Trinajstić information content (AvgIpc) is 3.16. The topological polar surface area (TPSA) is 91.3 Å². The molecule has 8 atom stereocenters. The molecule has 7 heteroatoms. The van der Waals surface area contributed by atoms with E-state index in [2.05, 4.69) is 19.7 Å². The predicted molar refractivity (Wildman–Crippen MR) is 88.6 cm³/mol. The van der Waals surface area contributed by atoms with Crippen LogP contribution in [0.1, 0.15) is 13.8 Å². The van der Waals surface area contributed by atoms with Crippen LogP contribution in [-0.4, -0.2) is 54.4 Å². The molecular formula is C19H22O7. The van der Waals surface area contributed by atoms with Crippen molar-refractivity contribution >= 4 is 11.9 Å². The van der Waals surface area contributed by atoms with Gasteiger partial charge in [-0.05, 0) is 12.5 Å². The molecule has 26 heavy (non-hydrogen) atoms. The molecule has 1 saturated carbocycles. The molecule has 0 aromatic carbocycles. The summed E-state index contributed by atoms with van der Waals surface area (Å²) in [7, 11) is 0. The van der Waals surface area contributed by atoms with Gasteiger partial charge in [0.25, 0.3) is 0 Å². The Labute approximate surface area is 151 Å². The number of ether oxygens (including phenoxy) is 4. The summed E-state index contributed by atoms with van der Waals surface area (Å²) in [5.74, 6) is -2.30. The van der Waals surface area contributed by atoms with Gasteiger partial charge < -0.3 is 24.1 Å².